The summed E-state index contributed by atoms with van der Waals surface area (Å²) in [6, 6.07) is 10.6. The molecule has 0 amide bonds. The highest BCUT2D eigenvalue weighted by Gasteiger charge is 2.18. The van der Waals surface area contributed by atoms with Gasteiger partial charge in [0.1, 0.15) is 0 Å². The van der Waals surface area contributed by atoms with Gasteiger partial charge in [0.2, 0.25) is 0 Å². The van der Waals surface area contributed by atoms with Crippen molar-refractivity contribution in [3.63, 3.8) is 0 Å². The van der Waals surface area contributed by atoms with Crippen LogP contribution < -0.4 is 5.32 Å². The first-order valence-corrected chi connectivity index (χ1v) is 7.56. The van der Waals surface area contributed by atoms with Gasteiger partial charge in [-0.25, -0.2) is 0 Å². The summed E-state index contributed by atoms with van der Waals surface area (Å²) in [5, 5.41) is 4.54. The molecule has 21 heavy (non-hydrogen) atoms. The highest BCUT2D eigenvalue weighted by molar-refractivity contribution is 5.85. The number of nitrogens with zero attached hydrogens (tertiary/aromatic N) is 2. The fraction of sp³-hybridized carbons (Fsp3) is 0.471. The van der Waals surface area contributed by atoms with Gasteiger partial charge < -0.3 is 5.32 Å². The van der Waals surface area contributed by atoms with Crippen LogP contribution in [0.5, 0.6) is 0 Å². The Labute approximate surface area is 133 Å². The molecule has 1 saturated heterocycles. The number of likely N-dealkylation sites (tertiary alicyclic amines) is 1. The quantitative estimate of drug-likeness (QED) is 0.941. The number of para-hydroxylation sites is 1. The Morgan fingerprint density at radius 3 is 2.76 bits per heavy atom. The van der Waals surface area contributed by atoms with Gasteiger partial charge in [0, 0.05) is 18.1 Å². The third-order valence-corrected chi connectivity index (χ3v) is 4.25. The van der Waals surface area contributed by atoms with Crippen molar-refractivity contribution in [3.8, 4) is 0 Å². The van der Waals surface area contributed by atoms with Crippen LogP contribution in [-0.4, -0.2) is 36.6 Å². The molecule has 0 bridgehead atoms. The number of aromatic nitrogens is 1. The molecule has 2 heterocycles. The molecular formula is C17H24ClN3. The van der Waals surface area contributed by atoms with Gasteiger partial charge in [-0.1, -0.05) is 18.2 Å². The number of halogens is 1. The molecule has 0 saturated carbocycles. The lowest BCUT2D eigenvalue weighted by Gasteiger charge is -2.31. The van der Waals surface area contributed by atoms with E-state index in [-0.39, 0.29) is 12.4 Å². The van der Waals surface area contributed by atoms with Crippen molar-refractivity contribution in [2.24, 2.45) is 5.92 Å². The molecule has 1 aromatic carbocycles. The molecule has 0 atom stereocenters. The maximum atomic E-state index is 4.55. The molecule has 1 aromatic heterocycles. The average Bonchev–Trinajstić information content (AvgIpc) is 2.49. The van der Waals surface area contributed by atoms with Crippen LogP contribution in [0.3, 0.4) is 0 Å². The summed E-state index contributed by atoms with van der Waals surface area (Å²) >= 11 is 0. The van der Waals surface area contributed by atoms with E-state index in [4.69, 9.17) is 0 Å². The molecule has 3 nitrogen and oxygen atoms in total. The van der Waals surface area contributed by atoms with Crippen LogP contribution in [0.2, 0.25) is 0 Å². The van der Waals surface area contributed by atoms with Crippen LogP contribution in [0, 0.1) is 5.92 Å². The van der Waals surface area contributed by atoms with Gasteiger partial charge in [0.15, 0.2) is 0 Å². The summed E-state index contributed by atoms with van der Waals surface area (Å²) in [4.78, 5) is 7.11. The minimum absolute atomic E-state index is 0. The van der Waals surface area contributed by atoms with Crippen LogP contribution in [0.15, 0.2) is 36.5 Å². The second-order valence-corrected chi connectivity index (χ2v) is 5.81. The molecule has 0 spiro atoms. The largest absolute Gasteiger partial charge is 0.319 e. The number of rotatable bonds is 4. The summed E-state index contributed by atoms with van der Waals surface area (Å²) in [7, 11) is 2.05. The van der Waals surface area contributed by atoms with Gasteiger partial charge in [-0.3, -0.25) is 9.88 Å². The molecule has 1 aliphatic heterocycles. The molecular weight excluding hydrogens is 282 g/mol. The average molecular weight is 306 g/mol. The standard InChI is InChI=1S/C17H23N3.ClH/c1-18-11-14-6-8-20(9-7-14)13-15-10-16-4-2-3-5-17(16)19-12-15;/h2-5,10,12,14,18H,6-9,11,13H2,1H3;1H. The fourth-order valence-corrected chi connectivity index (χ4v) is 3.10. The Hall–Kier alpha value is -1.16. The van der Waals surface area contributed by atoms with E-state index in [9.17, 15) is 0 Å². The van der Waals surface area contributed by atoms with Gasteiger partial charge in [0.25, 0.3) is 0 Å². The van der Waals surface area contributed by atoms with E-state index in [1.807, 2.05) is 19.3 Å². The van der Waals surface area contributed by atoms with Crippen molar-refractivity contribution in [2.45, 2.75) is 19.4 Å². The van der Waals surface area contributed by atoms with E-state index >= 15 is 0 Å². The van der Waals surface area contributed by atoms with Crippen LogP contribution >= 0.6 is 12.4 Å². The molecule has 0 aliphatic carbocycles. The van der Waals surface area contributed by atoms with Crippen molar-refractivity contribution in [3.05, 3.63) is 42.1 Å². The van der Waals surface area contributed by atoms with Gasteiger partial charge in [-0.2, -0.15) is 0 Å². The number of fused-ring (bicyclic) bond motifs is 1. The lowest BCUT2D eigenvalue weighted by atomic mass is 9.96. The molecule has 4 heteroatoms. The second-order valence-electron chi connectivity index (χ2n) is 5.81. The number of nitrogens with one attached hydrogen (secondary N) is 1. The maximum Gasteiger partial charge on any atom is 0.0702 e. The van der Waals surface area contributed by atoms with E-state index in [0.29, 0.717) is 0 Å². The normalized spacial score (nSPS) is 16.8. The molecule has 0 radical (unpaired) electrons. The van der Waals surface area contributed by atoms with Crippen LogP contribution in [0.4, 0.5) is 0 Å². The maximum absolute atomic E-state index is 4.55. The molecule has 114 valence electrons. The van der Waals surface area contributed by atoms with E-state index < -0.39 is 0 Å². The van der Waals surface area contributed by atoms with Crippen molar-refractivity contribution >= 4 is 23.3 Å². The highest BCUT2D eigenvalue weighted by atomic mass is 35.5. The van der Waals surface area contributed by atoms with Gasteiger partial charge >= 0.3 is 0 Å². The minimum Gasteiger partial charge on any atom is -0.319 e. The van der Waals surface area contributed by atoms with E-state index in [2.05, 4.69) is 39.5 Å². The van der Waals surface area contributed by atoms with Crippen LogP contribution in [0.1, 0.15) is 18.4 Å². The molecule has 1 N–H and O–H groups in total. The van der Waals surface area contributed by atoms with Crippen molar-refractivity contribution < 1.29 is 0 Å². The monoisotopic (exact) mass is 305 g/mol. The first-order chi connectivity index (χ1) is 9.85. The van der Waals surface area contributed by atoms with Gasteiger partial charge in [-0.15, -0.1) is 12.4 Å². The smallest absolute Gasteiger partial charge is 0.0702 e. The van der Waals surface area contributed by atoms with Gasteiger partial charge in [0.05, 0.1) is 5.52 Å². The molecule has 1 fully saturated rings. The molecule has 1 aliphatic rings. The zero-order valence-corrected chi connectivity index (χ0v) is 13.4. The Morgan fingerprint density at radius 1 is 1.24 bits per heavy atom. The molecule has 2 aromatic rings. The lowest BCUT2D eigenvalue weighted by molar-refractivity contribution is 0.176. The fourth-order valence-electron chi connectivity index (χ4n) is 3.10. The van der Waals surface area contributed by atoms with Crippen molar-refractivity contribution in [1.82, 2.24) is 15.2 Å². The van der Waals surface area contributed by atoms with Crippen LogP contribution in [0.25, 0.3) is 10.9 Å². The van der Waals surface area contributed by atoms with E-state index in [1.165, 1.54) is 36.9 Å². The minimum atomic E-state index is 0. The van der Waals surface area contributed by atoms with Crippen LogP contribution in [-0.2, 0) is 6.54 Å². The number of piperidine rings is 1. The zero-order chi connectivity index (χ0) is 13.8. The Kier molecular flexibility index (Phi) is 5.97. The lowest BCUT2D eigenvalue weighted by Crippen LogP contribution is -2.36. The Morgan fingerprint density at radius 2 is 2.00 bits per heavy atom. The first kappa shape index (κ1) is 16.2. The summed E-state index contributed by atoms with van der Waals surface area (Å²) in [5.74, 6) is 0.853. The predicted molar refractivity (Wildman–Crippen MR) is 90.9 cm³/mol. The summed E-state index contributed by atoms with van der Waals surface area (Å²) in [6.45, 7) is 4.60. The number of hydrogen-bond donors (Lipinski definition) is 1. The molecule has 3 rings (SSSR count). The van der Waals surface area contributed by atoms with E-state index in [1.54, 1.807) is 0 Å². The van der Waals surface area contributed by atoms with E-state index in [0.717, 1.165) is 24.5 Å². The topological polar surface area (TPSA) is 28.2 Å². The third kappa shape index (κ3) is 4.16. The highest BCUT2D eigenvalue weighted by Crippen LogP contribution is 2.19. The Balaban J connectivity index is 0.00000161. The summed E-state index contributed by atoms with van der Waals surface area (Å²) in [5.41, 5.74) is 2.42. The number of benzene rings is 1. The Bertz CT molecular complexity index is 565. The summed E-state index contributed by atoms with van der Waals surface area (Å²) < 4.78 is 0. The zero-order valence-electron chi connectivity index (χ0n) is 12.6. The number of pyridine rings is 1. The van der Waals surface area contributed by atoms with Crippen molar-refractivity contribution in [2.75, 3.05) is 26.7 Å². The van der Waals surface area contributed by atoms with Crippen molar-refractivity contribution in [1.29, 1.82) is 0 Å². The number of hydrogen-bond acceptors (Lipinski definition) is 3. The second kappa shape index (κ2) is 7.74. The summed E-state index contributed by atoms with van der Waals surface area (Å²) in [6.07, 6.45) is 4.64. The third-order valence-electron chi connectivity index (χ3n) is 4.25. The van der Waals surface area contributed by atoms with Gasteiger partial charge in [-0.05, 0) is 63.1 Å². The molecule has 0 unspecified atom stereocenters. The predicted octanol–water partition coefficient (Wildman–Crippen LogP) is 3.09. The SMILES string of the molecule is CNCC1CCN(Cc2cnc3ccccc3c2)CC1.Cl. The first-order valence-electron chi connectivity index (χ1n) is 7.56.